The average Bonchev–Trinajstić information content (AvgIpc) is 3.21. The van der Waals surface area contributed by atoms with E-state index in [1.54, 1.807) is 36.7 Å². The van der Waals surface area contributed by atoms with Crippen LogP contribution in [-0.4, -0.2) is 16.8 Å². The lowest BCUT2D eigenvalue weighted by Crippen LogP contribution is -2.24. The zero-order valence-electron chi connectivity index (χ0n) is 14.7. The van der Waals surface area contributed by atoms with Gasteiger partial charge in [0.2, 0.25) is 5.91 Å². The lowest BCUT2D eigenvalue weighted by molar-refractivity contribution is -0.116. The minimum absolute atomic E-state index is 0.0519. The van der Waals surface area contributed by atoms with E-state index in [1.165, 1.54) is 6.26 Å². The molecule has 0 saturated heterocycles. The summed E-state index contributed by atoms with van der Waals surface area (Å²) in [4.78, 5) is 28.2. The first-order valence-corrected chi connectivity index (χ1v) is 8.51. The molecule has 2 heterocycles. The quantitative estimate of drug-likeness (QED) is 0.652. The molecule has 3 aromatic rings. The van der Waals surface area contributed by atoms with Crippen LogP contribution >= 0.6 is 0 Å². The summed E-state index contributed by atoms with van der Waals surface area (Å²) in [6, 6.07) is 8.39. The van der Waals surface area contributed by atoms with Gasteiger partial charge in [-0.2, -0.15) is 0 Å². The van der Waals surface area contributed by atoms with Crippen molar-refractivity contribution in [1.82, 2.24) is 10.3 Å². The van der Waals surface area contributed by atoms with Gasteiger partial charge in [0.1, 0.15) is 17.4 Å². The first-order valence-electron chi connectivity index (χ1n) is 8.51. The van der Waals surface area contributed by atoms with E-state index in [-0.39, 0.29) is 24.2 Å². The Balaban J connectivity index is 1.64. The highest BCUT2D eigenvalue weighted by atomic mass is 19.1. The number of amides is 2. The topological polar surface area (TPSA) is 84.2 Å². The van der Waals surface area contributed by atoms with E-state index in [2.05, 4.69) is 15.6 Å². The molecule has 1 aromatic carbocycles. The minimum Gasteiger partial charge on any atom is -0.467 e. The zero-order valence-corrected chi connectivity index (χ0v) is 14.7. The molecule has 3 rings (SSSR count). The number of hydrogen-bond acceptors (Lipinski definition) is 4. The molecule has 0 radical (unpaired) electrons. The number of anilines is 1. The van der Waals surface area contributed by atoms with E-state index in [4.69, 9.17) is 4.42 Å². The van der Waals surface area contributed by atoms with Crippen LogP contribution in [0.3, 0.4) is 0 Å². The molecule has 0 bridgehead atoms. The summed E-state index contributed by atoms with van der Waals surface area (Å²) in [7, 11) is 0. The minimum atomic E-state index is -1.02. The Morgan fingerprint density at radius 2 is 1.86 bits per heavy atom. The number of carbonyl (C=O) groups is 2. The molecule has 0 aliphatic carbocycles. The monoisotopic (exact) mass is 385 g/mol. The molecule has 2 aromatic heterocycles. The van der Waals surface area contributed by atoms with Crippen LogP contribution < -0.4 is 10.6 Å². The molecule has 0 atom stereocenters. The summed E-state index contributed by atoms with van der Waals surface area (Å²) in [5.74, 6) is -2.70. The molecule has 28 heavy (non-hydrogen) atoms. The Morgan fingerprint density at radius 1 is 1.07 bits per heavy atom. The molecule has 0 fully saturated rings. The second-order valence-electron chi connectivity index (χ2n) is 5.98. The van der Waals surface area contributed by atoms with Crippen molar-refractivity contribution in [3.05, 3.63) is 83.6 Å². The lowest BCUT2D eigenvalue weighted by atomic mass is 10.1. The third-order valence-corrected chi connectivity index (χ3v) is 3.97. The van der Waals surface area contributed by atoms with Crippen molar-refractivity contribution in [1.29, 1.82) is 0 Å². The van der Waals surface area contributed by atoms with E-state index in [1.807, 2.05) is 0 Å². The fourth-order valence-corrected chi connectivity index (χ4v) is 2.51. The smallest absolute Gasteiger partial charge is 0.254 e. The van der Waals surface area contributed by atoms with Gasteiger partial charge < -0.3 is 15.1 Å². The van der Waals surface area contributed by atoms with Crippen LogP contribution in [0.1, 0.15) is 28.1 Å². The lowest BCUT2D eigenvalue weighted by Gasteiger charge is -2.10. The Kier molecular flexibility index (Phi) is 6.11. The van der Waals surface area contributed by atoms with Crippen molar-refractivity contribution in [3.63, 3.8) is 0 Å². The second-order valence-corrected chi connectivity index (χ2v) is 5.98. The Labute approximate surface area is 159 Å². The van der Waals surface area contributed by atoms with Crippen molar-refractivity contribution >= 4 is 17.5 Å². The van der Waals surface area contributed by atoms with Gasteiger partial charge in [-0.1, -0.05) is 0 Å². The third kappa shape index (κ3) is 5.00. The number of aromatic nitrogens is 1. The molecule has 0 spiro atoms. The molecule has 2 N–H and O–H groups in total. The number of nitrogens with one attached hydrogen (secondary N) is 2. The molecular formula is C20H17F2N3O3. The van der Waals surface area contributed by atoms with Gasteiger partial charge in [0.25, 0.3) is 5.91 Å². The molecule has 144 valence electrons. The molecule has 2 amide bonds. The predicted octanol–water partition coefficient (Wildman–Crippen LogP) is 3.45. The third-order valence-electron chi connectivity index (χ3n) is 3.97. The van der Waals surface area contributed by atoms with Crippen LogP contribution in [0.2, 0.25) is 0 Å². The van der Waals surface area contributed by atoms with Crippen LogP contribution in [0.15, 0.2) is 59.5 Å². The van der Waals surface area contributed by atoms with Crippen molar-refractivity contribution in [2.24, 2.45) is 0 Å². The number of nitrogens with zero attached hydrogens (tertiary/aromatic N) is 1. The number of hydrogen-bond donors (Lipinski definition) is 2. The summed E-state index contributed by atoms with van der Waals surface area (Å²) < 4.78 is 33.1. The predicted molar refractivity (Wildman–Crippen MR) is 97.4 cm³/mol. The van der Waals surface area contributed by atoms with Crippen LogP contribution in [0, 0.1) is 11.6 Å². The van der Waals surface area contributed by atoms with E-state index in [0.717, 1.165) is 11.6 Å². The normalized spacial score (nSPS) is 10.5. The highest BCUT2D eigenvalue weighted by Gasteiger charge is 2.17. The number of halogens is 2. The van der Waals surface area contributed by atoms with Crippen molar-refractivity contribution in [3.8, 4) is 0 Å². The number of rotatable bonds is 7. The number of pyridine rings is 1. The van der Waals surface area contributed by atoms with Crippen LogP contribution in [0.5, 0.6) is 0 Å². The largest absolute Gasteiger partial charge is 0.467 e. The van der Waals surface area contributed by atoms with Gasteiger partial charge in [0.05, 0.1) is 24.1 Å². The number of benzene rings is 1. The van der Waals surface area contributed by atoms with Gasteiger partial charge in [-0.05, 0) is 42.3 Å². The number of furan rings is 1. The van der Waals surface area contributed by atoms with E-state index in [9.17, 15) is 18.4 Å². The van der Waals surface area contributed by atoms with Crippen molar-refractivity contribution in [2.45, 2.75) is 19.4 Å². The van der Waals surface area contributed by atoms with Gasteiger partial charge in [0, 0.05) is 24.9 Å². The molecule has 0 aliphatic heterocycles. The molecular weight excluding hydrogens is 368 g/mol. The maximum Gasteiger partial charge on any atom is 0.254 e. The summed E-state index contributed by atoms with van der Waals surface area (Å²) in [6.07, 6.45) is 5.20. The van der Waals surface area contributed by atoms with Gasteiger partial charge in [-0.25, -0.2) is 8.78 Å². The molecule has 0 saturated carbocycles. The Morgan fingerprint density at radius 3 is 2.57 bits per heavy atom. The summed E-state index contributed by atoms with van der Waals surface area (Å²) in [5.41, 5.74) is 0.268. The summed E-state index contributed by atoms with van der Waals surface area (Å²) >= 11 is 0. The first kappa shape index (κ1) is 19.2. The molecule has 6 nitrogen and oxygen atoms in total. The van der Waals surface area contributed by atoms with E-state index in [0.29, 0.717) is 18.2 Å². The standard InChI is InChI=1S/C20H17F2N3O3/c21-16-11-17(22)18(25-19(26)4-3-13-5-7-23-8-6-13)10-15(16)20(27)24-12-14-2-1-9-28-14/h1-2,5-11H,3-4,12H2,(H,24,27)(H,25,26). The van der Waals surface area contributed by atoms with Gasteiger partial charge in [-0.3, -0.25) is 14.6 Å². The molecule has 0 unspecified atom stereocenters. The van der Waals surface area contributed by atoms with Crippen molar-refractivity contribution in [2.75, 3.05) is 5.32 Å². The maximum absolute atomic E-state index is 14.0. The fraction of sp³-hybridized carbons (Fsp3) is 0.150. The number of aryl methyl sites for hydroxylation is 1. The van der Waals surface area contributed by atoms with Gasteiger partial charge in [-0.15, -0.1) is 0 Å². The number of carbonyl (C=O) groups excluding carboxylic acids is 2. The van der Waals surface area contributed by atoms with E-state index >= 15 is 0 Å². The van der Waals surface area contributed by atoms with Crippen LogP contribution in [0.25, 0.3) is 0 Å². The highest BCUT2D eigenvalue weighted by molar-refractivity contribution is 5.97. The average molecular weight is 385 g/mol. The summed E-state index contributed by atoms with van der Waals surface area (Å²) in [6.45, 7) is 0.0519. The molecule has 0 aliphatic rings. The van der Waals surface area contributed by atoms with Gasteiger partial charge >= 0.3 is 0 Å². The SMILES string of the molecule is O=C(CCc1ccncc1)Nc1cc(C(=O)NCc2ccco2)c(F)cc1F. The Bertz CT molecular complexity index is 960. The highest BCUT2D eigenvalue weighted by Crippen LogP contribution is 2.20. The maximum atomic E-state index is 14.0. The molecule has 8 heteroatoms. The second kappa shape index (κ2) is 8.90. The Hall–Kier alpha value is -3.55. The first-order chi connectivity index (χ1) is 13.5. The van der Waals surface area contributed by atoms with Crippen LogP contribution in [-0.2, 0) is 17.8 Å². The summed E-state index contributed by atoms with van der Waals surface area (Å²) in [5, 5.41) is 4.85. The van der Waals surface area contributed by atoms with E-state index < -0.39 is 23.4 Å². The van der Waals surface area contributed by atoms with Crippen molar-refractivity contribution < 1.29 is 22.8 Å². The van der Waals surface area contributed by atoms with Crippen LogP contribution in [0.4, 0.5) is 14.5 Å². The van der Waals surface area contributed by atoms with Gasteiger partial charge in [0.15, 0.2) is 0 Å². The fourth-order valence-electron chi connectivity index (χ4n) is 2.51. The zero-order chi connectivity index (χ0) is 19.9.